The number of benzene rings is 2. The van der Waals surface area contributed by atoms with Gasteiger partial charge >= 0.3 is 6.36 Å². The second-order valence-corrected chi connectivity index (χ2v) is 6.42. The Morgan fingerprint density at radius 2 is 1.81 bits per heavy atom. The zero-order valence-corrected chi connectivity index (χ0v) is 14.2. The van der Waals surface area contributed by atoms with Crippen LogP contribution in [0.5, 0.6) is 17.2 Å². The van der Waals surface area contributed by atoms with Crippen molar-refractivity contribution in [2.24, 2.45) is 0 Å². The number of hydrogen-bond donors (Lipinski definition) is 0. The Morgan fingerprint density at radius 1 is 1.07 bits per heavy atom. The van der Waals surface area contributed by atoms with Gasteiger partial charge < -0.3 is 19.1 Å². The zero-order chi connectivity index (χ0) is 19.0. The van der Waals surface area contributed by atoms with Crippen LogP contribution in [0.1, 0.15) is 28.3 Å². The summed E-state index contributed by atoms with van der Waals surface area (Å²) in [5, 5.41) is 0. The average molecular weight is 379 g/mol. The number of rotatable bonds is 3. The molecule has 2 aliphatic rings. The minimum Gasteiger partial charge on any atom is -0.454 e. The molecular formula is C19H16F3NO4. The lowest BCUT2D eigenvalue weighted by Crippen LogP contribution is -2.28. The van der Waals surface area contributed by atoms with Crippen LogP contribution in [0.15, 0.2) is 42.5 Å². The van der Waals surface area contributed by atoms with Gasteiger partial charge in [-0.3, -0.25) is 4.79 Å². The monoisotopic (exact) mass is 379 g/mol. The normalized spacial score (nSPS) is 18.6. The summed E-state index contributed by atoms with van der Waals surface area (Å²) >= 11 is 0. The number of hydrogen-bond acceptors (Lipinski definition) is 4. The zero-order valence-electron chi connectivity index (χ0n) is 14.2. The number of likely N-dealkylation sites (tertiary alicyclic amines) is 1. The van der Waals surface area contributed by atoms with Crippen molar-refractivity contribution < 1.29 is 32.2 Å². The summed E-state index contributed by atoms with van der Waals surface area (Å²) in [4.78, 5) is 14.3. The summed E-state index contributed by atoms with van der Waals surface area (Å²) in [6.45, 7) is 1.33. The van der Waals surface area contributed by atoms with Crippen LogP contribution in [0.2, 0.25) is 0 Å². The molecule has 0 N–H and O–H groups in total. The molecule has 0 bridgehead atoms. The minimum atomic E-state index is -4.75. The summed E-state index contributed by atoms with van der Waals surface area (Å²) in [5.74, 6) is 1.04. The molecular weight excluding hydrogens is 363 g/mol. The van der Waals surface area contributed by atoms with Gasteiger partial charge in [0, 0.05) is 24.6 Å². The molecule has 0 unspecified atom stereocenters. The number of ether oxygens (including phenoxy) is 3. The first-order chi connectivity index (χ1) is 12.9. The fourth-order valence-corrected chi connectivity index (χ4v) is 3.37. The Morgan fingerprint density at radius 3 is 2.56 bits per heavy atom. The predicted octanol–water partition coefficient (Wildman–Crippen LogP) is 3.94. The van der Waals surface area contributed by atoms with Crippen molar-refractivity contribution >= 4 is 5.91 Å². The molecule has 4 rings (SSSR count). The van der Waals surface area contributed by atoms with Crippen molar-refractivity contribution in [3.8, 4) is 17.2 Å². The molecule has 27 heavy (non-hydrogen) atoms. The number of halogens is 3. The van der Waals surface area contributed by atoms with Crippen LogP contribution in [0.3, 0.4) is 0 Å². The van der Waals surface area contributed by atoms with E-state index in [1.54, 1.807) is 4.90 Å². The van der Waals surface area contributed by atoms with Crippen molar-refractivity contribution in [3.05, 3.63) is 53.6 Å². The molecule has 5 nitrogen and oxygen atoms in total. The van der Waals surface area contributed by atoms with Crippen LogP contribution >= 0.6 is 0 Å². The van der Waals surface area contributed by atoms with Gasteiger partial charge in [0.1, 0.15) is 5.75 Å². The molecule has 1 atom stereocenters. The summed E-state index contributed by atoms with van der Waals surface area (Å²) in [5.41, 5.74) is 1.40. The number of fused-ring (bicyclic) bond motifs is 1. The molecule has 1 saturated heterocycles. The molecule has 1 amide bonds. The molecule has 0 spiro atoms. The molecule has 0 radical (unpaired) electrons. The number of carbonyl (C=O) groups excluding carboxylic acids is 1. The van der Waals surface area contributed by atoms with Gasteiger partial charge in [-0.25, -0.2) is 0 Å². The van der Waals surface area contributed by atoms with E-state index in [0.29, 0.717) is 30.2 Å². The molecule has 8 heteroatoms. The summed E-state index contributed by atoms with van der Waals surface area (Å²) < 4.78 is 51.2. The maximum Gasteiger partial charge on any atom is 0.573 e. The Kier molecular flexibility index (Phi) is 4.33. The molecule has 142 valence electrons. The summed E-state index contributed by atoms with van der Waals surface area (Å²) in [7, 11) is 0. The van der Waals surface area contributed by atoms with Crippen LogP contribution in [-0.2, 0) is 0 Å². The third-order valence-corrected chi connectivity index (χ3v) is 4.68. The third kappa shape index (κ3) is 3.79. The Hall–Kier alpha value is -2.90. The average Bonchev–Trinajstić information content (AvgIpc) is 3.29. The Balaban J connectivity index is 1.42. The van der Waals surface area contributed by atoms with E-state index >= 15 is 0 Å². The van der Waals surface area contributed by atoms with Crippen LogP contribution in [0.4, 0.5) is 13.2 Å². The lowest BCUT2D eigenvalue weighted by molar-refractivity contribution is -0.274. The van der Waals surface area contributed by atoms with Gasteiger partial charge in [-0.1, -0.05) is 6.07 Å². The first kappa shape index (κ1) is 17.5. The van der Waals surface area contributed by atoms with Crippen molar-refractivity contribution in [3.63, 3.8) is 0 Å². The molecule has 0 aromatic heterocycles. The topological polar surface area (TPSA) is 48.0 Å². The van der Waals surface area contributed by atoms with Gasteiger partial charge in [-0.2, -0.15) is 0 Å². The first-order valence-electron chi connectivity index (χ1n) is 8.44. The van der Waals surface area contributed by atoms with E-state index in [1.165, 1.54) is 12.1 Å². The minimum absolute atomic E-state index is 0.177. The smallest absolute Gasteiger partial charge is 0.454 e. The number of carbonyl (C=O) groups is 1. The van der Waals surface area contributed by atoms with Crippen LogP contribution in [0, 0.1) is 0 Å². The van der Waals surface area contributed by atoms with Gasteiger partial charge in [0.15, 0.2) is 11.5 Å². The Labute approximate surface area is 153 Å². The van der Waals surface area contributed by atoms with E-state index in [2.05, 4.69) is 4.74 Å². The predicted molar refractivity (Wildman–Crippen MR) is 89.0 cm³/mol. The fraction of sp³-hybridized carbons (Fsp3) is 0.316. The van der Waals surface area contributed by atoms with Crippen LogP contribution in [-0.4, -0.2) is 37.1 Å². The highest BCUT2D eigenvalue weighted by molar-refractivity contribution is 5.94. The van der Waals surface area contributed by atoms with Gasteiger partial charge in [-0.15, -0.1) is 13.2 Å². The third-order valence-electron chi connectivity index (χ3n) is 4.68. The maximum atomic E-state index is 12.6. The number of alkyl halides is 3. The standard InChI is InChI=1S/C19H16F3NO4/c20-19(21,22)27-15-4-1-12(2-5-15)18(24)23-8-7-14(10-23)13-3-6-16-17(9-13)26-11-25-16/h1-6,9,14H,7-8,10-11H2/t14-/m1/s1. The van der Waals surface area contributed by atoms with Gasteiger partial charge in [0.2, 0.25) is 6.79 Å². The molecule has 1 fully saturated rings. The molecule has 2 heterocycles. The van der Waals surface area contributed by atoms with Crippen LogP contribution < -0.4 is 14.2 Å². The van der Waals surface area contributed by atoms with Crippen LogP contribution in [0.25, 0.3) is 0 Å². The van der Waals surface area contributed by atoms with Gasteiger partial charge in [0.05, 0.1) is 0 Å². The lowest BCUT2D eigenvalue weighted by atomic mass is 9.98. The Bertz CT molecular complexity index is 851. The van der Waals surface area contributed by atoms with Gasteiger partial charge in [0.25, 0.3) is 5.91 Å². The SMILES string of the molecule is O=C(c1ccc(OC(F)(F)F)cc1)N1CC[C@@H](c2ccc3c(c2)OCO3)C1. The van der Waals surface area contributed by atoms with E-state index in [0.717, 1.165) is 24.1 Å². The molecule has 2 aliphatic heterocycles. The fourth-order valence-electron chi connectivity index (χ4n) is 3.37. The van der Waals surface area contributed by atoms with E-state index < -0.39 is 6.36 Å². The van der Waals surface area contributed by atoms with Gasteiger partial charge in [-0.05, 0) is 48.4 Å². The number of amides is 1. The number of nitrogens with zero attached hydrogens (tertiary/aromatic N) is 1. The first-order valence-corrected chi connectivity index (χ1v) is 8.44. The highest BCUT2D eigenvalue weighted by Crippen LogP contribution is 2.37. The molecule has 2 aromatic carbocycles. The molecule has 0 aliphatic carbocycles. The largest absolute Gasteiger partial charge is 0.573 e. The van der Waals surface area contributed by atoms with Crippen molar-refractivity contribution in [1.82, 2.24) is 4.90 Å². The van der Waals surface area contributed by atoms with E-state index in [-0.39, 0.29) is 24.4 Å². The van der Waals surface area contributed by atoms with Crippen molar-refractivity contribution in [1.29, 1.82) is 0 Å². The summed E-state index contributed by atoms with van der Waals surface area (Å²) in [6, 6.07) is 10.7. The second-order valence-electron chi connectivity index (χ2n) is 6.42. The molecule has 0 saturated carbocycles. The second kappa shape index (κ2) is 6.68. The van der Waals surface area contributed by atoms with E-state index in [4.69, 9.17) is 9.47 Å². The van der Waals surface area contributed by atoms with E-state index in [1.807, 2.05) is 18.2 Å². The highest BCUT2D eigenvalue weighted by Gasteiger charge is 2.32. The maximum absolute atomic E-state index is 12.6. The highest BCUT2D eigenvalue weighted by atomic mass is 19.4. The summed E-state index contributed by atoms with van der Waals surface area (Å²) in [6.07, 6.45) is -3.95. The van der Waals surface area contributed by atoms with E-state index in [9.17, 15) is 18.0 Å². The quantitative estimate of drug-likeness (QED) is 0.811. The lowest BCUT2D eigenvalue weighted by Gasteiger charge is -2.17. The van der Waals surface area contributed by atoms with Crippen molar-refractivity contribution in [2.75, 3.05) is 19.9 Å². The molecule has 2 aromatic rings. The van der Waals surface area contributed by atoms with Crippen molar-refractivity contribution in [2.45, 2.75) is 18.7 Å².